The molecule has 4 heteroatoms. The van der Waals surface area contributed by atoms with Gasteiger partial charge in [-0.3, -0.25) is 4.79 Å². The minimum atomic E-state index is -0.771. The molecule has 0 saturated heterocycles. The van der Waals surface area contributed by atoms with Crippen molar-refractivity contribution in [2.45, 2.75) is 63.2 Å². The fraction of sp³-hybridized carbons (Fsp3) is 0.923. The number of carbonyl (C=O) groups is 1. The third-order valence-electron chi connectivity index (χ3n) is 4.38. The Morgan fingerprint density at radius 3 is 2.35 bits per heavy atom. The number of aliphatic hydroxyl groups is 2. The maximum atomic E-state index is 12.1. The van der Waals surface area contributed by atoms with E-state index in [1.807, 2.05) is 0 Å². The fourth-order valence-electron chi connectivity index (χ4n) is 3.15. The van der Waals surface area contributed by atoms with Gasteiger partial charge in [-0.05, 0) is 31.6 Å². The molecule has 2 saturated carbocycles. The Morgan fingerprint density at radius 2 is 1.82 bits per heavy atom. The number of hydrogen-bond acceptors (Lipinski definition) is 3. The van der Waals surface area contributed by atoms with Gasteiger partial charge >= 0.3 is 0 Å². The molecule has 0 bridgehead atoms. The highest BCUT2D eigenvalue weighted by atomic mass is 16.3. The highest BCUT2D eigenvalue weighted by Crippen LogP contribution is 2.30. The maximum absolute atomic E-state index is 12.1. The van der Waals surface area contributed by atoms with Crippen LogP contribution in [0.25, 0.3) is 0 Å². The molecule has 2 N–H and O–H groups in total. The monoisotopic (exact) mass is 241 g/mol. The van der Waals surface area contributed by atoms with E-state index in [9.17, 15) is 15.0 Å². The number of rotatable bonds is 3. The first-order valence-electron chi connectivity index (χ1n) is 6.71. The molecule has 0 unspecified atom stereocenters. The average Bonchev–Trinajstić information content (AvgIpc) is 2.90. The number of hydrogen-bond donors (Lipinski definition) is 2. The second-order valence-corrected chi connectivity index (χ2v) is 5.56. The first-order chi connectivity index (χ1) is 8.09. The van der Waals surface area contributed by atoms with Crippen LogP contribution in [0.5, 0.6) is 0 Å². The number of amides is 1. The zero-order valence-electron chi connectivity index (χ0n) is 10.5. The molecule has 1 amide bonds. The number of aliphatic hydroxyl groups excluding tert-OH is 2. The molecule has 0 heterocycles. The molecule has 0 radical (unpaired) electrons. The standard InChI is InChI=1S/C13H23NO3/c1-14(10-6-7-11(15)13(10)17)12(16)8-9-4-2-3-5-9/h9-11,13,15,17H,2-8H2,1H3/t10-,11-,13-/m1/s1. The number of likely N-dealkylation sites (N-methyl/N-ethyl adjacent to an activating group) is 1. The lowest BCUT2D eigenvalue weighted by atomic mass is 10.0. The Bertz CT molecular complexity index is 276. The van der Waals surface area contributed by atoms with Gasteiger partial charge in [0.1, 0.15) is 6.10 Å². The molecule has 0 aliphatic heterocycles. The van der Waals surface area contributed by atoms with Crippen LogP contribution in [0.1, 0.15) is 44.9 Å². The summed E-state index contributed by atoms with van der Waals surface area (Å²) in [6, 6.07) is -0.195. The summed E-state index contributed by atoms with van der Waals surface area (Å²) in [6.07, 6.45) is 5.27. The molecule has 98 valence electrons. The maximum Gasteiger partial charge on any atom is 0.222 e. The molecular weight excluding hydrogens is 218 g/mol. The molecule has 0 spiro atoms. The topological polar surface area (TPSA) is 60.8 Å². The van der Waals surface area contributed by atoms with Gasteiger partial charge in [-0.2, -0.15) is 0 Å². The summed E-state index contributed by atoms with van der Waals surface area (Å²) < 4.78 is 0. The molecule has 0 aromatic rings. The van der Waals surface area contributed by atoms with Crippen molar-refractivity contribution in [3.05, 3.63) is 0 Å². The molecular formula is C13H23NO3. The second kappa shape index (κ2) is 5.36. The van der Waals surface area contributed by atoms with Crippen LogP contribution in [0.15, 0.2) is 0 Å². The van der Waals surface area contributed by atoms with Crippen LogP contribution in [0.3, 0.4) is 0 Å². The largest absolute Gasteiger partial charge is 0.390 e. The zero-order valence-corrected chi connectivity index (χ0v) is 10.5. The Kier molecular flexibility index (Phi) is 4.05. The first-order valence-corrected chi connectivity index (χ1v) is 6.71. The predicted molar refractivity (Wildman–Crippen MR) is 64.4 cm³/mol. The quantitative estimate of drug-likeness (QED) is 0.772. The summed E-state index contributed by atoms with van der Waals surface area (Å²) in [7, 11) is 1.75. The normalized spacial score (nSPS) is 34.2. The fourth-order valence-corrected chi connectivity index (χ4v) is 3.15. The van der Waals surface area contributed by atoms with Crippen LogP contribution in [-0.4, -0.2) is 46.3 Å². The van der Waals surface area contributed by atoms with E-state index in [1.165, 1.54) is 12.8 Å². The molecule has 17 heavy (non-hydrogen) atoms. The van der Waals surface area contributed by atoms with Gasteiger partial charge < -0.3 is 15.1 Å². The lowest BCUT2D eigenvalue weighted by Crippen LogP contribution is -2.44. The molecule has 0 aromatic carbocycles. The lowest BCUT2D eigenvalue weighted by Gasteiger charge is -2.28. The third kappa shape index (κ3) is 2.80. The van der Waals surface area contributed by atoms with Gasteiger partial charge in [0.2, 0.25) is 5.91 Å². The summed E-state index contributed by atoms with van der Waals surface area (Å²) in [4.78, 5) is 13.7. The van der Waals surface area contributed by atoms with Crippen LogP contribution in [0, 0.1) is 5.92 Å². The van der Waals surface area contributed by atoms with E-state index in [4.69, 9.17) is 0 Å². The SMILES string of the molecule is CN(C(=O)CC1CCCC1)[C@@H]1CC[C@@H](O)[C@@H]1O. The zero-order chi connectivity index (χ0) is 12.4. The number of carbonyl (C=O) groups excluding carboxylic acids is 1. The Hall–Kier alpha value is -0.610. The van der Waals surface area contributed by atoms with Crippen molar-refractivity contribution >= 4 is 5.91 Å². The molecule has 3 atom stereocenters. The smallest absolute Gasteiger partial charge is 0.222 e. The van der Waals surface area contributed by atoms with Crippen LogP contribution < -0.4 is 0 Å². The molecule has 2 aliphatic rings. The van der Waals surface area contributed by atoms with Crippen molar-refractivity contribution in [1.29, 1.82) is 0 Å². The average molecular weight is 241 g/mol. The van der Waals surface area contributed by atoms with Gasteiger partial charge in [0.15, 0.2) is 0 Å². The van der Waals surface area contributed by atoms with Gasteiger partial charge in [0.05, 0.1) is 12.1 Å². The predicted octanol–water partition coefficient (Wildman–Crippen LogP) is 0.909. The van der Waals surface area contributed by atoms with E-state index in [1.54, 1.807) is 11.9 Å². The minimum absolute atomic E-state index is 0.120. The highest BCUT2D eigenvalue weighted by Gasteiger charge is 2.37. The Labute approximate surface area is 103 Å². The second-order valence-electron chi connectivity index (χ2n) is 5.56. The summed E-state index contributed by atoms with van der Waals surface area (Å²) in [5, 5.41) is 19.3. The summed E-state index contributed by atoms with van der Waals surface area (Å²) in [6.45, 7) is 0. The molecule has 2 fully saturated rings. The molecule has 2 aliphatic carbocycles. The van der Waals surface area contributed by atoms with Crippen molar-refractivity contribution in [3.8, 4) is 0 Å². The highest BCUT2D eigenvalue weighted by molar-refractivity contribution is 5.76. The van der Waals surface area contributed by atoms with Crippen molar-refractivity contribution in [1.82, 2.24) is 4.90 Å². The molecule has 4 nitrogen and oxygen atoms in total. The van der Waals surface area contributed by atoms with Crippen molar-refractivity contribution in [2.24, 2.45) is 5.92 Å². The summed E-state index contributed by atoms with van der Waals surface area (Å²) in [5.41, 5.74) is 0. The van der Waals surface area contributed by atoms with Gasteiger partial charge in [-0.15, -0.1) is 0 Å². The van der Waals surface area contributed by atoms with Gasteiger partial charge in [-0.25, -0.2) is 0 Å². The number of nitrogens with zero attached hydrogens (tertiary/aromatic N) is 1. The lowest BCUT2D eigenvalue weighted by molar-refractivity contribution is -0.135. The molecule has 0 aromatic heterocycles. The third-order valence-corrected chi connectivity index (χ3v) is 4.38. The van der Waals surface area contributed by atoms with E-state index in [-0.39, 0.29) is 11.9 Å². The van der Waals surface area contributed by atoms with E-state index < -0.39 is 12.2 Å². The van der Waals surface area contributed by atoms with E-state index in [0.29, 0.717) is 25.2 Å². The van der Waals surface area contributed by atoms with Crippen molar-refractivity contribution in [3.63, 3.8) is 0 Å². The Morgan fingerprint density at radius 1 is 1.18 bits per heavy atom. The first kappa shape index (κ1) is 12.8. The van der Waals surface area contributed by atoms with E-state index in [0.717, 1.165) is 12.8 Å². The van der Waals surface area contributed by atoms with Crippen LogP contribution >= 0.6 is 0 Å². The van der Waals surface area contributed by atoms with Gasteiger partial charge in [0, 0.05) is 13.5 Å². The van der Waals surface area contributed by atoms with Crippen molar-refractivity contribution < 1.29 is 15.0 Å². The van der Waals surface area contributed by atoms with Crippen LogP contribution in [0.4, 0.5) is 0 Å². The van der Waals surface area contributed by atoms with E-state index in [2.05, 4.69) is 0 Å². The van der Waals surface area contributed by atoms with Crippen LogP contribution in [-0.2, 0) is 4.79 Å². The summed E-state index contributed by atoms with van der Waals surface area (Å²) in [5.74, 6) is 0.656. The van der Waals surface area contributed by atoms with E-state index >= 15 is 0 Å². The Balaban J connectivity index is 1.86. The molecule has 2 rings (SSSR count). The van der Waals surface area contributed by atoms with Gasteiger partial charge in [-0.1, -0.05) is 12.8 Å². The van der Waals surface area contributed by atoms with Crippen molar-refractivity contribution in [2.75, 3.05) is 7.05 Å². The van der Waals surface area contributed by atoms with Crippen LogP contribution in [0.2, 0.25) is 0 Å². The van der Waals surface area contributed by atoms with Gasteiger partial charge in [0.25, 0.3) is 0 Å². The summed E-state index contributed by atoms with van der Waals surface area (Å²) >= 11 is 0. The minimum Gasteiger partial charge on any atom is -0.390 e.